The van der Waals surface area contributed by atoms with Gasteiger partial charge in [0, 0.05) is 18.3 Å². The van der Waals surface area contributed by atoms with Crippen LogP contribution < -0.4 is 5.73 Å². The van der Waals surface area contributed by atoms with Crippen LogP contribution in [0.5, 0.6) is 0 Å². The average molecular weight is 381 g/mol. The molecule has 3 rings (SSSR count). The number of anilines is 1. The van der Waals surface area contributed by atoms with Gasteiger partial charge in [0.15, 0.2) is 5.82 Å². The molecule has 1 aliphatic carbocycles. The molecule has 0 radical (unpaired) electrons. The van der Waals surface area contributed by atoms with Crippen LogP contribution in [0.4, 0.5) is 5.82 Å². The molecule has 0 aliphatic heterocycles. The van der Waals surface area contributed by atoms with E-state index in [4.69, 9.17) is 10.5 Å². The van der Waals surface area contributed by atoms with Crippen molar-refractivity contribution in [2.75, 3.05) is 12.8 Å². The Bertz CT molecular complexity index is 758. The van der Waals surface area contributed by atoms with Gasteiger partial charge in [-0.1, -0.05) is 13.8 Å². The lowest BCUT2D eigenvalue weighted by Crippen LogP contribution is -2.35. The minimum Gasteiger partial charge on any atom is -0.469 e. The minimum atomic E-state index is -0.434. The monoisotopic (exact) mass is 380 g/mol. The van der Waals surface area contributed by atoms with Gasteiger partial charge in [-0.05, 0) is 41.1 Å². The highest BCUT2D eigenvalue weighted by Crippen LogP contribution is 2.51. The van der Waals surface area contributed by atoms with E-state index in [1.165, 1.54) is 7.11 Å². The van der Waals surface area contributed by atoms with E-state index < -0.39 is 5.41 Å². The van der Waals surface area contributed by atoms with Crippen LogP contribution in [0.1, 0.15) is 44.9 Å². The number of fused-ring (bicyclic) bond motifs is 1. The number of nitrogens with zero attached hydrogens (tertiary/aromatic N) is 3. The third kappa shape index (κ3) is 2.41. The van der Waals surface area contributed by atoms with Crippen LogP contribution in [0.25, 0.3) is 5.52 Å². The number of carbonyl (C=O) groups is 1. The molecular weight excluding hydrogens is 360 g/mol. The molecule has 23 heavy (non-hydrogen) atoms. The molecule has 2 aromatic heterocycles. The molecule has 0 spiro atoms. The number of aromatic nitrogens is 3. The first-order valence-electron chi connectivity index (χ1n) is 7.77. The molecule has 7 heteroatoms. The zero-order chi connectivity index (χ0) is 16.8. The molecule has 1 saturated carbocycles. The number of hydrogen-bond acceptors (Lipinski definition) is 5. The molecule has 1 fully saturated rings. The van der Waals surface area contributed by atoms with E-state index >= 15 is 0 Å². The Morgan fingerprint density at radius 3 is 2.96 bits per heavy atom. The smallest absolute Gasteiger partial charge is 0.312 e. The Morgan fingerprint density at radius 1 is 1.57 bits per heavy atom. The number of carbonyl (C=O) groups excluding carboxylic acids is 1. The number of esters is 1. The van der Waals surface area contributed by atoms with E-state index in [9.17, 15) is 4.79 Å². The van der Waals surface area contributed by atoms with Crippen LogP contribution in [0.15, 0.2) is 17.0 Å². The number of methoxy groups -OCH3 is 1. The first kappa shape index (κ1) is 16.2. The number of hydrogen-bond donors (Lipinski definition) is 1. The van der Waals surface area contributed by atoms with Crippen molar-refractivity contribution in [1.82, 2.24) is 14.4 Å². The predicted molar refractivity (Wildman–Crippen MR) is 91.0 cm³/mol. The first-order valence-corrected chi connectivity index (χ1v) is 8.56. The quantitative estimate of drug-likeness (QED) is 0.826. The molecule has 124 valence electrons. The number of rotatable bonds is 3. The Balaban J connectivity index is 2.02. The van der Waals surface area contributed by atoms with Crippen LogP contribution in [0.2, 0.25) is 0 Å². The molecule has 6 nitrogen and oxygen atoms in total. The third-order valence-corrected chi connectivity index (χ3v) is 5.73. The maximum atomic E-state index is 12.4. The maximum absolute atomic E-state index is 12.4. The Hall–Kier alpha value is -1.63. The van der Waals surface area contributed by atoms with Crippen molar-refractivity contribution in [2.45, 2.75) is 39.0 Å². The van der Waals surface area contributed by atoms with E-state index in [0.717, 1.165) is 30.6 Å². The zero-order valence-electron chi connectivity index (χ0n) is 13.5. The summed E-state index contributed by atoms with van der Waals surface area (Å²) in [5.41, 5.74) is 6.31. The van der Waals surface area contributed by atoms with Gasteiger partial charge < -0.3 is 10.5 Å². The second-order valence-corrected chi connectivity index (χ2v) is 7.29. The lowest BCUT2D eigenvalue weighted by Gasteiger charge is -2.30. The van der Waals surface area contributed by atoms with Crippen LogP contribution in [-0.4, -0.2) is 27.4 Å². The zero-order valence-corrected chi connectivity index (χ0v) is 15.1. The molecular formula is C16H21BrN4O2. The average Bonchev–Trinajstić information content (AvgIpc) is 3.10. The summed E-state index contributed by atoms with van der Waals surface area (Å²) in [6, 6.07) is 0. The van der Waals surface area contributed by atoms with Gasteiger partial charge in [0.25, 0.3) is 0 Å². The Labute approximate surface area is 143 Å². The number of nitrogens with two attached hydrogens (primary N) is 1. The van der Waals surface area contributed by atoms with Gasteiger partial charge in [-0.3, -0.25) is 9.20 Å². The van der Waals surface area contributed by atoms with E-state index in [0.29, 0.717) is 10.4 Å². The fourth-order valence-corrected chi connectivity index (χ4v) is 4.35. The summed E-state index contributed by atoms with van der Waals surface area (Å²) >= 11 is 3.47. The van der Waals surface area contributed by atoms with Crippen LogP contribution in [0, 0.1) is 11.3 Å². The first-order chi connectivity index (χ1) is 10.9. The molecule has 0 amide bonds. The summed E-state index contributed by atoms with van der Waals surface area (Å²) in [6.07, 6.45) is 6.00. The second kappa shape index (κ2) is 5.78. The number of nitrogen functional groups attached to an aromatic ring is 1. The SMILES string of the molecule is COC(=O)[C@]1(C(C)C)CC[C@@H](c2nc(Br)c3c(N)nccn23)C1. The molecule has 0 unspecified atom stereocenters. The highest BCUT2D eigenvalue weighted by molar-refractivity contribution is 9.10. The molecule has 2 heterocycles. The number of imidazole rings is 1. The second-order valence-electron chi connectivity index (χ2n) is 6.53. The number of halogens is 1. The van der Waals surface area contributed by atoms with Gasteiger partial charge in [0.2, 0.25) is 0 Å². The summed E-state index contributed by atoms with van der Waals surface area (Å²) in [5.74, 6) is 1.67. The lowest BCUT2D eigenvalue weighted by molar-refractivity contribution is -0.155. The van der Waals surface area contributed by atoms with E-state index in [1.807, 2.05) is 10.6 Å². The minimum absolute atomic E-state index is 0.115. The van der Waals surface area contributed by atoms with Gasteiger partial charge >= 0.3 is 5.97 Å². The highest BCUT2D eigenvalue weighted by atomic mass is 79.9. The topological polar surface area (TPSA) is 82.5 Å². The summed E-state index contributed by atoms with van der Waals surface area (Å²) in [5, 5.41) is 0. The van der Waals surface area contributed by atoms with E-state index in [-0.39, 0.29) is 17.8 Å². The predicted octanol–water partition coefficient (Wildman–Crippen LogP) is 3.16. The van der Waals surface area contributed by atoms with Crippen molar-refractivity contribution in [1.29, 1.82) is 0 Å². The van der Waals surface area contributed by atoms with Crippen LogP contribution >= 0.6 is 15.9 Å². The van der Waals surface area contributed by atoms with Gasteiger partial charge in [0.05, 0.1) is 12.5 Å². The standard InChI is InChI=1S/C16H21BrN4O2/c1-9(2)16(15(22)23-3)5-4-10(8-16)14-20-12(17)11-13(18)19-6-7-21(11)14/h6-7,9-10H,4-5,8H2,1-3H3,(H2,18,19)/t10-,16-/m1/s1. The van der Waals surface area contributed by atoms with Crippen LogP contribution in [-0.2, 0) is 9.53 Å². The van der Waals surface area contributed by atoms with Gasteiger partial charge in [-0.25, -0.2) is 9.97 Å². The molecule has 0 aromatic carbocycles. The normalized spacial score (nSPS) is 24.5. The van der Waals surface area contributed by atoms with Gasteiger partial charge in [-0.15, -0.1) is 0 Å². The molecule has 2 atom stereocenters. The Morgan fingerprint density at radius 2 is 2.30 bits per heavy atom. The van der Waals surface area contributed by atoms with E-state index in [1.54, 1.807) is 6.20 Å². The van der Waals surface area contributed by atoms with Crippen molar-refractivity contribution >= 4 is 33.2 Å². The van der Waals surface area contributed by atoms with Gasteiger partial charge in [-0.2, -0.15) is 0 Å². The fourth-order valence-electron chi connectivity index (χ4n) is 3.78. The molecule has 2 aromatic rings. The summed E-state index contributed by atoms with van der Waals surface area (Å²) < 4.78 is 7.76. The largest absolute Gasteiger partial charge is 0.469 e. The molecule has 2 N–H and O–H groups in total. The van der Waals surface area contributed by atoms with Crippen molar-refractivity contribution in [2.24, 2.45) is 11.3 Å². The highest BCUT2D eigenvalue weighted by Gasteiger charge is 2.49. The molecule has 0 bridgehead atoms. The van der Waals surface area contributed by atoms with Crippen molar-refractivity contribution < 1.29 is 9.53 Å². The maximum Gasteiger partial charge on any atom is 0.312 e. The summed E-state index contributed by atoms with van der Waals surface area (Å²) in [6.45, 7) is 4.17. The lowest BCUT2D eigenvalue weighted by atomic mass is 9.75. The third-order valence-electron chi connectivity index (χ3n) is 5.18. The van der Waals surface area contributed by atoms with Crippen molar-refractivity contribution in [3.63, 3.8) is 0 Å². The van der Waals surface area contributed by atoms with Crippen molar-refractivity contribution in [3.05, 3.63) is 22.8 Å². The van der Waals surface area contributed by atoms with E-state index in [2.05, 4.69) is 39.7 Å². The summed E-state index contributed by atoms with van der Waals surface area (Å²) in [7, 11) is 1.47. The van der Waals surface area contributed by atoms with Crippen molar-refractivity contribution in [3.8, 4) is 0 Å². The van der Waals surface area contributed by atoms with Crippen LogP contribution in [0.3, 0.4) is 0 Å². The fraction of sp³-hybridized carbons (Fsp3) is 0.562. The molecule has 1 aliphatic rings. The number of ether oxygens (including phenoxy) is 1. The molecule has 0 saturated heterocycles. The summed E-state index contributed by atoms with van der Waals surface area (Å²) in [4.78, 5) is 21.2. The Kier molecular flexibility index (Phi) is 4.08. The van der Waals surface area contributed by atoms with Gasteiger partial charge in [0.1, 0.15) is 15.9 Å².